The molecule has 5 aromatic carbocycles. The molecule has 2 heterocycles. The van der Waals surface area contributed by atoms with Crippen molar-refractivity contribution < 1.29 is 4.42 Å². The molecule has 1 aliphatic heterocycles. The van der Waals surface area contributed by atoms with E-state index in [1.165, 1.54) is 43.2 Å². The minimum Gasteiger partial charge on any atom is -0.455 e. The van der Waals surface area contributed by atoms with Crippen LogP contribution in [0.15, 0.2) is 117 Å². The van der Waals surface area contributed by atoms with Crippen molar-refractivity contribution in [2.75, 3.05) is 0 Å². The molecule has 0 unspecified atom stereocenters. The second-order valence-corrected chi connectivity index (χ2v) is 10.5. The van der Waals surface area contributed by atoms with E-state index >= 15 is 0 Å². The van der Waals surface area contributed by atoms with Gasteiger partial charge in [-0.2, -0.15) is 0 Å². The standard InChI is InChI=1S/C31H17ClOS/c32-18-13-14-21-22-15-16-26-30(29(22)33-27(21)17-18)34-28-12-6-5-11-25(28)31(26)23-9-3-1-7-19(23)20-8-2-4-10-24(20)31/h1-17H. The van der Waals surface area contributed by atoms with Crippen LogP contribution in [0.4, 0.5) is 0 Å². The van der Waals surface area contributed by atoms with Crippen molar-refractivity contribution in [3.05, 3.63) is 130 Å². The highest BCUT2D eigenvalue weighted by Gasteiger charge is 2.50. The summed E-state index contributed by atoms with van der Waals surface area (Å²) < 4.78 is 6.52. The number of halogens is 1. The van der Waals surface area contributed by atoms with Gasteiger partial charge in [0.2, 0.25) is 0 Å². The molecule has 1 nitrogen and oxygen atoms in total. The Bertz CT molecular complexity index is 1770. The van der Waals surface area contributed by atoms with Gasteiger partial charge >= 0.3 is 0 Å². The van der Waals surface area contributed by atoms with E-state index in [-0.39, 0.29) is 5.41 Å². The topological polar surface area (TPSA) is 13.1 Å². The van der Waals surface area contributed by atoms with Gasteiger partial charge in [0.15, 0.2) is 0 Å². The van der Waals surface area contributed by atoms with E-state index in [0.29, 0.717) is 5.02 Å². The van der Waals surface area contributed by atoms with Crippen LogP contribution in [0.2, 0.25) is 5.02 Å². The maximum atomic E-state index is 6.52. The number of benzene rings is 5. The Kier molecular flexibility index (Phi) is 3.65. The maximum absolute atomic E-state index is 6.52. The lowest BCUT2D eigenvalue weighted by Gasteiger charge is -2.39. The highest BCUT2D eigenvalue weighted by Crippen LogP contribution is 2.63. The fourth-order valence-electron chi connectivity index (χ4n) is 6.12. The van der Waals surface area contributed by atoms with E-state index in [1.54, 1.807) is 0 Å². The van der Waals surface area contributed by atoms with Crippen molar-refractivity contribution in [2.24, 2.45) is 0 Å². The molecule has 34 heavy (non-hydrogen) atoms. The molecule has 8 rings (SSSR count). The molecule has 1 aromatic heterocycles. The number of hydrogen-bond acceptors (Lipinski definition) is 2. The number of rotatable bonds is 0. The first-order valence-corrected chi connectivity index (χ1v) is 12.6. The maximum Gasteiger partial charge on any atom is 0.149 e. The normalized spacial score (nSPS) is 14.7. The number of furan rings is 1. The van der Waals surface area contributed by atoms with Crippen molar-refractivity contribution in [1.82, 2.24) is 0 Å². The molecule has 160 valence electrons. The first-order valence-electron chi connectivity index (χ1n) is 11.4. The van der Waals surface area contributed by atoms with Crippen LogP contribution < -0.4 is 0 Å². The van der Waals surface area contributed by atoms with Gasteiger partial charge in [0, 0.05) is 26.8 Å². The van der Waals surface area contributed by atoms with E-state index < -0.39 is 0 Å². The minimum absolute atomic E-state index is 0.380. The summed E-state index contributed by atoms with van der Waals surface area (Å²) in [6.45, 7) is 0. The van der Waals surface area contributed by atoms with Crippen LogP contribution in [0.25, 0.3) is 33.1 Å². The van der Waals surface area contributed by atoms with Crippen molar-refractivity contribution in [2.45, 2.75) is 15.2 Å². The zero-order chi connectivity index (χ0) is 22.4. The first-order chi connectivity index (χ1) is 16.8. The lowest BCUT2D eigenvalue weighted by atomic mass is 9.67. The van der Waals surface area contributed by atoms with E-state index in [2.05, 4.69) is 91.0 Å². The minimum atomic E-state index is -0.380. The van der Waals surface area contributed by atoms with Crippen molar-refractivity contribution >= 4 is 45.3 Å². The van der Waals surface area contributed by atoms with Gasteiger partial charge < -0.3 is 4.42 Å². The van der Waals surface area contributed by atoms with Gasteiger partial charge in [-0.3, -0.25) is 0 Å². The Labute approximate surface area is 206 Å². The average Bonchev–Trinajstić information content (AvgIpc) is 3.39. The van der Waals surface area contributed by atoms with Gasteiger partial charge in [-0.25, -0.2) is 0 Å². The zero-order valence-corrected chi connectivity index (χ0v) is 19.6. The van der Waals surface area contributed by atoms with Crippen LogP contribution in [0.5, 0.6) is 0 Å². The highest BCUT2D eigenvalue weighted by atomic mass is 35.5. The Balaban J connectivity index is 1.58. The third-order valence-corrected chi connectivity index (χ3v) is 8.84. The van der Waals surface area contributed by atoms with Crippen LogP contribution in [0, 0.1) is 0 Å². The molecule has 0 saturated heterocycles. The fourth-order valence-corrected chi connectivity index (χ4v) is 7.56. The smallest absolute Gasteiger partial charge is 0.149 e. The summed E-state index contributed by atoms with van der Waals surface area (Å²) in [5.74, 6) is 0. The van der Waals surface area contributed by atoms with E-state index in [1.807, 2.05) is 23.9 Å². The lowest BCUT2D eigenvalue weighted by Crippen LogP contribution is -2.31. The Morgan fingerprint density at radius 3 is 2.03 bits per heavy atom. The van der Waals surface area contributed by atoms with Gasteiger partial charge in [0.1, 0.15) is 11.2 Å². The Morgan fingerprint density at radius 2 is 1.26 bits per heavy atom. The van der Waals surface area contributed by atoms with E-state index in [9.17, 15) is 0 Å². The molecule has 0 amide bonds. The lowest BCUT2D eigenvalue weighted by molar-refractivity contribution is 0.649. The largest absolute Gasteiger partial charge is 0.455 e. The summed E-state index contributed by atoms with van der Waals surface area (Å²) in [4.78, 5) is 2.46. The number of fused-ring (bicyclic) bond motifs is 13. The molecular weight excluding hydrogens is 456 g/mol. The highest BCUT2D eigenvalue weighted by molar-refractivity contribution is 7.99. The molecule has 3 heteroatoms. The zero-order valence-electron chi connectivity index (χ0n) is 18.0. The second-order valence-electron chi connectivity index (χ2n) is 9.00. The molecular formula is C31H17ClOS. The monoisotopic (exact) mass is 472 g/mol. The molecule has 0 atom stereocenters. The summed E-state index contributed by atoms with van der Waals surface area (Å²) in [5, 5.41) is 2.92. The van der Waals surface area contributed by atoms with E-state index in [0.717, 1.165) is 21.9 Å². The summed E-state index contributed by atoms with van der Waals surface area (Å²) in [6.07, 6.45) is 0. The van der Waals surface area contributed by atoms with Crippen molar-refractivity contribution in [3.63, 3.8) is 0 Å². The fraction of sp³-hybridized carbons (Fsp3) is 0.0323. The summed E-state index contributed by atoms with van der Waals surface area (Å²) in [5.41, 5.74) is 9.30. The molecule has 6 aromatic rings. The molecule has 0 fully saturated rings. The summed E-state index contributed by atoms with van der Waals surface area (Å²) >= 11 is 8.12. The average molecular weight is 473 g/mol. The van der Waals surface area contributed by atoms with Crippen LogP contribution in [0.1, 0.15) is 22.3 Å². The summed E-state index contributed by atoms with van der Waals surface area (Å²) in [6, 6.07) is 37.0. The van der Waals surface area contributed by atoms with Crippen LogP contribution in [-0.4, -0.2) is 0 Å². The van der Waals surface area contributed by atoms with Gasteiger partial charge in [0.25, 0.3) is 0 Å². The van der Waals surface area contributed by atoms with Crippen molar-refractivity contribution in [1.29, 1.82) is 0 Å². The Hall–Kier alpha value is -3.46. The van der Waals surface area contributed by atoms with Crippen LogP contribution in [-0.2, 0) is 5.41 Å². The molecule has 0 N–H and O–H groups in total. The van der Waals surface area contributed by atoms with Gasteiger partial charge in [-0.1, -0.05) is 102 Å². The van der Waals surface area contributed by atoms with Crippen LogP contribution >= 0.6 is 23.4 Å². The Morgan fingerprint density at radius 1 is 0.618 bits per heavy atom. The van der Waals surface area contributed by atoms with E-state index in [4.69, 9.17) is 16.0 Å². The molecule has 0 radical (unpaired) electrons. The van der Waals surface area contributed by atoms with Gasteiger partial charge in [-0.15, -0.1) is 0 Å². The predicted molar refractivity (Wildman–Crippen MR) is 140 cm³/mol. The molecule has 1 spiro atoms. The molecule has 0 saturated carbocycles. The third-order valence-electron chi connectivity index (χ3n) is 7.42. The first kappa shape index (κ1) is 18.9. The third kappa shape index (κ3) is 2.18. The van der Waals surface area contributed by atoms with Gasteiger partial charge in [-0.05, 0) is 51.6 Å². The number of hydrogen-bond donors (Lipinski definition) is 0. The van der Waals surface area contributed by atoms with Crippen molar-refractivity contribution in [3.8, 4) is 11.1 Å². The second kappa shape index (κ2) is 6.56. The SMILES string of the molecule is Clc1ccc2c(c1)oc1c3c(ccc12)C1(c2ccccc2S3)c2ccccc2-c2ccccc21. The van der Waals surface area contributed by atoms with Crippen LogP contribution in [0.3, 0.4) is 0 Å². The predicted octanol–water partition coefficient (Wildman–Crippen LogP) is 9.07. The summed E-state index contributed by atoms with van der Waals surface area (Å²) in [7, 11) is 0. The molecule has 1 aliphatic carbocycles. The van der Waals surface area contributed by atoms with Gasteiger partial charge in [0.05, 0.1) is 10.3 Å². The molecule has 0 bridgehead atoms. The molecule has 2 aliphatic rings. The quantitative estimate of drug-likeness (QED) is 0.218.